The third-order valence-electron chi connectivity index (χ3n) is 7.27. The molecule has 0 amide bonds. The van der Waals surface area contributed by atoms with Crippen molar-refractivity contribution in [3.63, 3.8) is 0 Å². The number of pyridine rings is 1. The topological polar surface area (TPSA) is 3.88 Å². The number of rotatable bonds is 5. The van der Waals surface area contributed by atoms with E-state index in [1.165, 1.54) is 46.5 Å². The normalized spacial score (nSPS) is 22.4. The Labute approximate surface area is 184 Å². The van der Waals surface area contributed by atoms with E-state index in [9.17, 15) is 0 Å². The number of nitrogens with zero attached hydrogens (tertiary/aromatic N) is 1. The quantitative estimate of drug-likeness (QED) is 0.371. The van der Waals surface area contributed by atoms with Crippen molar-refractivity contribution in [3.05, 3.63) is 58.8 Å². The van der Waals surface area contributed by atoms with E-state index < -0.39 is 0 Å². The Morgan fingerprint density at radius 3 is 2.47 bits per heavy atom. The molecule has 2 heterocycles. The molecule has 1 aromatic heterocycles. The lowest BCUT2D eigenvalue weighted by atomic mass is 9.61. The maximum Gasteiger partial charge on any atom is 0.235 e. The zero-order valence-electron chi connectivity index (χ0n) is 20.0. The van der Waals surface area contributed by atoms with Gasteiger partial charge in [0, 0.05) is 31.9 Å². The van der Waals surface area contributed by atoms with Crippen LogP contribution in [-0.4, -0.2) is 0 Å². The molecular formula is C29H38N+. The van der Waals surface area contributed by atoms with Crippen LogP contribution in [0.4, 0.5) is 0 Å². The fourth-order valence-corrected chi connectivity index (χ4v) is 5.13. The molecule has 1 nitrogen and oxygen atoms in total. The number of aryl methyl sites for hydroxylation is 1. The molecule has 0 radical (unpaired) electrons. The molecule has 3 rings (SSSR count). The Bertz CT molecular complexity index is 1020. The Morgan fingerprint density at radius 2 is 1.83 bits per heavy atom. The van der Waals surface area contributed by atoms with Gasteiger partial charge in [0.05, 0.1) is 11.0 Å². The molecule has 158 valence electrons. The van der Waals surface area contributed by atoms with E-state index in [1.807, 2.05) is 0 Å². The second-order valence-electron chi connectivity index (χ2n) is 8.99. The van der Waals surface area contributed by atoms with E-state index in [-0.39, 0.29) is 11.0 Å². The minimum atomic E-state index is -0.299. The van der Waals surface area contributed by atoms with Crippen LogP contribution in [0.2, 0.25) is 0 Å². The average molecular weight is 401 g/mol. The van der Waals surface area contributed by atoms with Gasteiger partial charge in [-0.15, -0.1) is 0 Å². The molecule has 2 aromatic rings. The van der Waals surface area contributed by atoms with Gasteiger partial charge in [-0.05, 0) is 62.3 Å². The van der Waals surface area contributed by atoms with Crippen LogP contribution in [0.5, 0.6) is 0 Å². The van der Waals surface area contributed by atoms with Gasteiger partial charge in [0.25, 0.3) is 0 Å². The van der Waals surface area contributed by atoms with E-state index >= 15 is 0 Å². The Kier molecular flexibility index (Phi) is 6.56. The number of hydrogen-bond acceptors (Lipinski definition) is 0. The second kappa shape index (κ2) is 8.81. The van der Waals surface area contributed by atoms with Gasteiger partial charge >= 0.3 is 0 Å². The van der Waals surface area contributed by atoms with Crippen LogP contribution in [0.3, 0.4) is 0 Å². The molecule has 0 N–H and O–H groups in total. The standard InChI is InChI=1S/C29H38N/c1-8-12-15-23-16-18-26-25(21-23)27-19-17-24(14-10-3)22(5)30(27)29(7,20-13-9-2)28(26,6)11-4/h10,14,16-19,21H,8-9,11-12,15H2,1-7H3/q+1. The molecular weight excluding hydrogens is 362 g/mol. The molecule has 1 heteroatoms. The highest BCUT2D eigenvalue weighted by Crippen LogP contribution is 2.48. The first-order valence-corrected chi connectivity index (χ1v) is 11.7. The van der Waals surface area contributed by atoms with Gasteiger partial charge in [0.2, 0.25) is 11.2 Å². The number of hydrogen-bond donors (Lipinski definition) is 0. The highest BCUT2D eigenvalue weighted by atomic mass is 15.1. The van der Waals surface area contributed by atoms with Gasteiger partial charge in [-0.2, -0.15) is 4.57 Å². The zero-order chi connectivity index (χ0) is 21.9. The van der Waals surface area contributed by atoms with Gasteiger partial charge in [0.1, 0.15) is 0 Å². The highest BCUT2D eigenvalue weighted by molar-refractivity contribution is 5.68. The van der Waals surface area contributed by atoms with Gasteiger partial charge in [-0.3, -0.25) is 0 Å². The molecule has 30 heavy (non-hydrogen) atoms. The van der Waals surface area contributed by atoms with Crippen LogP contribution in [0.15, 0.2) is 36.4 Å². The average Bonchev–Trinajstić information content (AvgIpc) is 2.76. The summed E-state index contributed by atoms with van der Waals surface area (Å²) in [5.74, 6) is 7.18. The van der Waals surface area contributed by atoms with Gasteiger partial charge < -0.3 is 0 Å². The third kappa shape index (κ3) is 3.41. The zero-order valence-corrected chi connectivity index (χ0v) is 20.0. The first-order chi connectivity index (χ1) is 14.4. The van der Waals surface area contributed by atoms with Crippen molar-refractivity contribution in [1.82, 2.24) is 0 Å². The van der Waals surface area contributed by atoms with E-state index in [4.69, 9.17) is 0 Å². The summed E-state index contributed by atoms with van der Waals surface area (Å²) in [5, 5.41) is 0. The summed E-state index contributed by atoms with van der Waals surface area (Å²) in [6, 6.07) is 11.8. The van der Waals surface area contributed by atoms with Crippen molar-refractivity contribution in [2.75, 3.05) is 0 Å². The first kappa shape index (κ1) is 22.4. The van der Waals surface area contributed by atoms with Crippen LogP contribution >= 0.6 is 0 Å². The Hall–Kier alpha value is -2.33. The lowest BCUT2D eigenvalue weighted by molar-refractivity contribution is -0.754. The fourth-order valence-electron chi connectivity index (χ4n) is 5.13. The first-order valence-electron chi connectivity index (χ1n) is 11.7. The van der Waals surface area contributed by atoms with Crippen molar-refractivity contribution in [3.8, 4) is 23.1 Å². The van der Waals surface area contributed by atoms with Crippen molar-refractivity contribution in [2.45, 2.75) is 91.5 Å². The maximum atomic E-state index is 3.73. The number of unbranched alkanes of at least 4 members (excludes halogenated alkanes) is 1. The number of aromatic nitrogens is 1. The van der Waals surface area contributed by atoms with Gasteiger partial charge in [-0.1, -0.05) is 57.4 Å². The molecule has 0 spiro atoms. The van der Waals surface area contributed by atoms with Crippen molar-refractivity contribution >= 4 is 6.08 Å². The molecule has 2 atom stereocenters. The Balaban J connectivity index is 2.41. The van der Waals surface area contributed by atoms with Crippen LogP contribution in [0.1, 0.15) is 89.6 Å². The van der Waals surface area contributed by atoms with Crippen LogP contribution in [0.25, 0.3) is 17.3 Å². The van der Waals surface area contributed by atoms with Gasteiger partial charge in [0.15, 0.2) is 5.69 Å². The summed E-state index contributed by atoms with van der Waals surface area (Å²) in [4.78, 5) is 0. The minimum absolute atomic E-state index is 0.0647. The smallest absolute Gasteiger partial charge is 0.178 e. The summed E-state index contributed by atoms with van der Waals surface area (Å²) >= 11 is 0. The third-order valence-corrected chi connectivity index (χ3v) is 7.27. The second-order valence-corrected chi connectivity index (χ2v) is 8.99. The summed E-state index contributed by atoms with van der Waals surface area (Å²) in [7, 11) is 0. The van der Waals surface area contributed by atoms with E-state index in [2.05, 4.69) is 107 Å². The van der Waals surface area contributed by atoms with Crippen LogP contribution in [0, 0.1) is 18.8 Å². The maximum absolute atomic E-state index is 3.73. The molecule has 0 fully saturated rings. The lowest BCUT2D eigenvalue weighted by Gasteiger charge is -2.44. The molecule has 1 aromatic carbocycles. The molecule has 1 aliphatic rings. The number of benzene rings is 1. The minimum Gasteiger partial charge on any atom is -0.178 e. The summed E-state index contributed by atoms with van der Waals surface area (Å²) in [5.41, 5.74) is 7.78. The number of allylic oxidation sites excluding steroid dienone is 1. The number of fused-ring (bicyclic) bond motifs is 3. The van der Waals surface area contributed by atoms with Crippen LogP contribution < -0.4 is 4.57 Å². The Morgan fingerprint density at radius 1 is 1.07 bits per heavy atom. The van der Waals surface area contributed by atoms with E-state index in [1.54, 1.807) is 0 Å². The van der Waals surface area contributed by atoms with E-state index in [0.29, 0.717) is 0 Å². The van der Waals surface area contributed by atoms with Crippen LogP contribution in [-0.2, 0) is 17.4 Å². The van der Waals surface area contributed by atoms with Gasteiger partial charge in [-0.25, -0.2) is 0 Å². The molecule has 0 aliphatic carbocycles. The fraction of sp³-hybridized carbons (Fsp3) is 0.483. The van der Waals surface area contributed by atoms with Crippen molar-refractivity contribution in [1.29, 1.82) is 0 Å². The summed E-state index contributed by atoms with van der Waals surface area (Å²) < 4.78 is 2.54. The van der Waals surface area contributed by atoms with Crippen molar-refractivity contribution in [2.24, 2.45) is 0 Å². The molecule has 0 saturated heterocycles. The summed E-state index contributed by atoms with van der Waals surface area (Å²) in [6.07, 6.45) is 9.88. The SMILES string of the molecule is CC=Cc1ccc2[n+](c1C)C(C)(C#CCC)C(C)(CC)c1ccc(CCCC)cc1-2. The molecule has 0 bridgehead atoms. The largest absolute Gasteiger partial charge is 0.235 e. The molecule has 0 saturated carbocycles. The monoisotopic (exact) mass is 400 g/mol. The predicted octanol–water partition coefficient (Wildman–Crippen LogP) is 7.14. The molecule has 1 aliphatic heterocycles. The predicted molar refractivity (Wildman–Crippen MR) is 129 cm³/mol. The highest BCUT2D eigenvalue weighted by Gasteiger charge is 2.57. The molecule has 2 unspecified atom stereocenters. The summed E-state index contributed by atoms with van der Waals surface area (Å²) in [6.45, 7) is 15.8. The lowest BCUT2D eigenvalue weighted by Crippen LogP contribution is -2.68. The van der Waals surface area contributed by atoms with E-state index in [0.717, 1.165) is 19.3 Å². The van der Waals surface area contributed by atoms with Crippen molar-refractivity contribution < 1.29 is 4.57 Å².